The number of benzene rings is 2. The van der Waals surface area contributed by atoms with E-state index in [0.29, 0.717) is 6.42 Å². The Morgan fingerprint density at radius 2 is 1.45 bits per heavy atom. The molecular weight excluding hydrogens is 263 g/mol. The van der Waals surface area contributed by atoms with Crippen LogP contribution in [0.4, 0.5) is 13.2 Å². The highest BCUT2D eigenvalue weighted by atomic mass is 19.1. The number of halogens is 3. The fourth-order valence-corrected chi connectivity index (χ4v) is 2.29. The first-order valence-corrected chi connectivity index (χ1v) is 6.44. The molecule has 0 amide bonds. The normalized spacial score (nSPS) is 14.1. The van der Waals surface area contributed by atoms with Crippen LogP contribution in [0.1, 0.15) is 24.5 Å². The second-order valence-electron chi connectivity index (χ2n) is 4.87. The van der Waals surface area contributed by atoms with E-state index >= 15 is 0 Å². The van der Waals surface area contributed by atoms with Crippen LogP contribution < -0.4 is 5.73 Å². The summed E-state index contributed by atoms with van der Waals surface area (Å²) in [6.45, 7) is 1.77. The van der Waals surface area contributed by atoms with Crippen molar-refractivity contribution in [1.82, 2.24) is 0 Å². The van der Waals surface area contributed by atoms with Crippen molar-refractivity contribution in [2.45, 2.75) is 25.3 Å². The van der Waals surface area contributed by atoms with E-state index in [2.05, 4.69) is 0 Å². The molecule has 2 rings (SSSR count). The molecule has 0 heterocycles. The van der Waals surface area contributed by atoms with Gasteiger partial charge in [0, 0.05) is 23.1 Å². The van der Waals surface area contributed by atoms with Gasteiger partial charge in [0.2, 0.25) is 0 Å². The first kappa shape index (κ1) is 14.6. The Morgan fingerprint density at radius 3 is 2.00 bits per heavy atom. The third kappa shape index (κ3) is 2.70. The molecular formula is C16H16F3N. The van der Waals surface area contributed by atoms with Crippen molar-refractivity contribution in [3.8, 4) is 0 Å². The zero-order chi connectivity index (χ0) is 14.8. The summed E-state index contributed by atoms with van der Waals surface area (Å²) in [7, 11) is 0. The van der Waals surface area contributed by atoms with Crippen molar-refractivity contribution in [3.63, 3.8) is 0 Å². The van der Waals surface area contributed by atoms with Crippen LogP contribution in [-0.4, -0.2) is 0 Å². The SMILES string of the molecule is CCC(N)(Cc1c(F)cccc1F)c1ccccc1F. The molecule has 0 aromatic heterocycles. The number of hydrogen-bond acceptors (Lipinski definition) is 1. The van der Waals surface area contributed by atoms with Crippen molar-refractivity contribution in [1.29, 1.82) is 0 Å². The van der Waals surface area contributed by atoms with Gasteiger partial charge in [-0.25, -0.2) is 13.2 Å². The topological polar surface area (TPSA) is 26.0 Å². The molecule has 1 nitrogen and oxygen atoms in total. The summed E-state index contributed by atoms with van der Waals surface area (Å²) in [5.41, 5.74) is 5.23. The molecule has 0 radical (unpaired) electrons. The molecule has 4 heteroatoms. The lowest BCUT2D eigenvalue weighted by Crippen LogP contribution is -2.39. The first-order chi connectivity index (χ1) is 9.48. The molecule has 106 valence electrons. The van der Waals surface area contributed by atoms with Crippen molar-refractivity contribution in [3.05, 3.63) is 71.0 Å². The highest BCUT2D eigenvalue weighted by Gasteiger charge is 2.30. The summed E-state index contributed by atoms with van der Waals surface area (Å²) in [6, 6.07) is 9.71. The summed E-state index contributed by atoms with van der Waals surface area (Å²) < 4.78 is 41.4. The van der Waals surface area contributed by atoms with Crippen LogP contribution in [0.5, 0.6) is 0 Å². The molecule has 2 aromatic rings. The third-order valence-corrected chi connectivity index (χ3v) is 3.60. The highest BCUT2D eigenvalue weighted by Crippen LogP contribution is 2.30. The van der Waals surface area contributed by atoms with Crippen LogP contribution in [-0.2, 0) is 12.0 Å². The van der Waals surface area contributed by atoms with Crippen LogP contribution >= 0.6 is 0 Å². The first-order valence-electron chi connectivity index (χ1n) is 6.44. The van der Waals surface area contributed by atoms with Gasteiger partial charge in [0.15, 0.2) is 0 Å². The van der Waals surface area contributed by atoms with E-state index < -0.39 is 23.0 Å². The summed E-state index contributed by atoms with van der Waals surface area (Å²) in [5.74, 6) is -1.79. The summed E-state index contributed by atoms with van der Waals surface area (Å²) in [4.78, 5) is 0. The van der Waals surface area contributed by atoms with Gasteiger partial charge in [0.25, 0.3) is 0 Å². The predicted molar refractivity (Wildman–Crippen MR) is 72.6 cm³/mol. The zero-order valence-electron chi connectivity index (χ0n) is 11.2. The van der Waals surface area contributed by atoms with Gasteiger partial charge < -0.3 is 5.73 Å². The molecule has 0 aliphatic heterocycles. The van der Waals surface area contributed by atoms with Gasteiger partial charge in [-0.3, -0.25) is 0 Å². The van der Waals surface area contributed by atoms with Crippen molar-refractivity contribution < 1.29 is 13.2 Å². The summed E-state index contributed by atoms with van der Waals surface area (Å²) >= 11 is 0. The molecule has 0 aliphatic carbocycles. The molecule has 2 aromatic carbocycles. The van der Waals surface area contributed by atoms with Gasteiger partial charge in [0.1, 0.15) is 17.5 Å². The Labute approximate surface area is 116 Å². The highest BCUT2D eigenvalue weighted by molar-refractivity contribution is 5.30. The lowest BCUT2D eigenvalue weighted by Gasteiger charge is -2.29. The van der Waals surface area contributed by atoms with E-state index in [9.17, 15) is 13.2 Å². The Hall–Kier alpha value is -1.81. The van der Waals surface area contributed by atoms with Crippen LogP contribution in [0.2, 0.25) is 0 Å². The molecule has 2 N–H and O–H groups in total. The van der Waals surface area contributed by atoms with Crippen molar-refractivity contribution >= 4 is 0 Å². The van der Waals surface area contributed by atoms with E-state index in [1.165, 1.54) is 24.3 Å². The Kier molecular flexibility index (Phi) is 4.14. The molecule has 1 atom stereocenters. The van der Waals surface area contributed by atoms with E-state index in [-0.39, 0.29) is 17.5 Å². The second-order valence-corrected chi connectivity index (χ2v) is 4.87. The molecule has 0 spiro atoms. The fraction of sp³-hybridized carbons (Fsp3) is 0.250. The quantitative estimate of drug-likeness (QED) is 0.902. The summed E-state index contributed by atoms with van der Waals surface area (Å²) in [6.07, 6.45) is 0.268. The monoisotopic (exact) mass is 279 g/mol. The average molecular weight is 279 g/mol. The fourth-order valence-electron chi connectivity index (χ4n) is 2.29. The lowest BCUT2D eigenvalue weighted by atomic mass is 9.82. The zero-order valence-corrected chi connectivity index (χ0v) is 11.2. The molecule has 0 saturated heterocycles. The standard InChI is InChI=1S/C16H16F3N/c1-2-16(20,12-6-3-4-7-15(12)19)10-11-13(17)8-5-9-14(11)18/h3-9H,2,10,20H2,1H3. The largest absolute Gasteiger partial charge is 0.321 e. The smallest absolute Gasteiger partial charge is 0.129 e. The van der Waals surface area contributed by atoms with Gasteiger partial charge in [-0.05, 0) is 24.6 Å². The van der Waals surface area contributed by atoms with E-state index in [0.717, 1.165) is 0 Å². The number of nitrogens with two attached hydrogens (primary N) is 1. The minimum Gasteiger partial charge on any atom is -0.321 e. The van der Waals surface area contributed by atoms with Gasteiger partial charge in [-0.2, -0.15) is 0 Å². The van der Waals surface area contributed by atoms with Gasteiger partial charge in [-0.15, -0.1) is 0 Å². The van der Waals surface area contributed by atoms with Gasteiger partial charge in [-0.1, -0.05) is 31.2 Å². The molecule has 0 saturated carbocycles. The second kappa shape index (κ2) is 5.67. The van der Waals surface area contributed by atoms with Gasteiger partial charge in [0.05, 0.1) is 0 Å². The van der Waals surface area contributed by atoms with Gasteiger partial charge >= 0.3 is 0 Å². The van der Waals surface area contributed by atoms with Crippen molar-refractivity contribution in [2.75, 3.05) is 0 Å². The molecule has 0 aliphatic rings. The Balaban J connectivity index is 2.45. The van der Waals surface area contributed by atoms with E-state index in [1.54, 1.807) is 25.1 Å². The molecule has 1 unspecified atom stereocenters. The minimum atomic E-state index is -1.14. The molecule has 0 bridgehead atoms. The maximum atomic E-state index is 13.9. The van der Waals surface area contributed by atoms with Crippen molar-refractivity contribution in [2.24, 2.45) is 5.73 Å². The van der Waals surface area contributed by atoms with Crippen LogP contribution in [0.25, 0.3) is 0 Å². The lowest BCUT2D eigenvalue weighted by molar-refractivity contribution is 0.387. The minimum absolute atomic E-state index is 0.0943. The molecule has 0 fully saturated rings. The summed E-state index contributed by atoms with van der Waals surface area (Å²) in [5, 5.41) is 0. The maximum absolute atomic E-state index is 13.9. The predicted octanol–water partition coefficient (Wildman–Crippen LogP) is 3.91. The Bertz CT molecular complexity index is 592. The Morgan fingerprint density at radius 1 is 0.900 bits per heavy atom. The average Bonchev–Trinajstić information content (AvgIpc) is 2.43. The molecule has 20 heavy (non-hydrogen) atoms. The van der Waals surface area contributed by atoms with Crippen LogP contribution in [0.15, 0.2) is 42.5 Å². The van der Waals surface area contributed by atoms with Crippen LogP contribution in [0.3, 0.4) is 0 Å². The number of rotatable bonds is 4. The van der Waals surface area contributed by atoms with E-state index in [1.807, 2.05) is 0 Å². The van der Waals surface area contributed by atoms with Crippen LogP contribution in [0, 0.1) is 17.5 Å². The maximum Gasteiger partial charge on any atom is 0.129 e. The van der Waals surface area contributed by atoms with E-state index in [4.69, 9.17) is 5.73 Å². The number of hydrogen-bond donors (Lipinski definition) is 1. The third-order valence-electron chi connectivity index (χ3n) is 3.60.